The van der Waals surface area contributed by atoms with Gasteiger partial charge in [0.05, 0.1) is 11.1 Å². The van der Waals surface area contributed by atoms with Gasteiger partial charge in [0.15, 0.2) is 5.16 Å². The van der Waals surface area contributed by atoms with Crippen LogP contribution in [-0.2, 0) is 11.3 Å². The number of allylic oxidation sites excluding steroid dienone is 1. The summed E-state index contributed by atoms with van der Waals surface area (Å²) in [6, 6.07) is -0.373. The van der Waals surface area contributed by atoms with Crippen LogP contribution in [0, 0.1) is 13.8 Å². The van der Waals surface area contributed by atoms with E-state index in [0.29, 0.717) is 35.0 Å². The van der Waals surface area contributed by atoms with E-state index in [1.807, 2.05) is 13.8 Å². The molecule has 0 aliphatic carbocycles. The predicted octanol–water partition coefficient (Wildman–Crippen LogP) is 1.90. The number of rotatable bonds is 5. The lowest BCUT2D eigenvalue weighted by molar-refractivity contribution is -0.124. The van der Waals surface area contributed by atoms with E-state index in [1.54, 1.807) is 6.08 Å². The summed E-state index contributed by atoms with van der Waals surface area (Å²) in [6.45, 7) is 8.72. The highest BCUT2D eigenvalue weighted by Gasteiger charge is 2.26. The van der Waals surface area contributed by atoms with Crippen molar-refractivity contribution in [1.29, 1.82) is 0 Å². The Bertz CT molecular complexity index is 932. The molecule has 25 heavy (non-hydrogen) atoms. The van der Waals surface area contributed by atoms with Crippen molar-refractivity contribution in [3.63, 3.8) is 0 Å². The number of carbonyl (C=O) groups excluding carboxylic acids is 2. The molecule has 3 amide bonds. The lowest BCUT2D eigenvalue weighted by Crippen LogP contribution is -2.35. The predicted molar refractivity (Wildman–Crippen MR) is 99.4 cm³/mol. The average molecular weight is 378 g/mol. The SMILES string of the molecule is C=CCn1c(SCC(=O)N2CCNC2=O)nc2sc(C)c(C)c2c1=O. The van der Waals surface area contributed by atoms with E-state index in [0.717, 1.165) is 10.4 Å². The molecule has 3 heterocycles. The number of carbonyl (C=O) groups is 2. The minimum Gasteiger partial charge on any atom is -0.336 e. The zero-order valence-corrected chi connectivity index (χ0v) is 15.6. The molecule has 2 aromatic heterocycles. The number of aryl methyl sites for hydroxylation is 2. The number of aromatic nitrogens is 2. The normalized spacial score (nSPS) is 14.2. The van der Waals surface area contributed by atoms with Gasteiger partial charge in [-0.05, 0) is 19.4 Å². The number of nitrogens with zero attached hydrogens (tertiary/aromatic N) is 3. The van der Waals surface area contributed by atoms with Gasteiger partial charge in [0, 0.05) is 24.5 Å². The molecule has 0 aromatic carbocycles. The summed E-state index contributed by atoms with van der Waals surface area (Å²) < 4.78 is 1.52. The molecule has 0 atom stereocenters. The van der Waals surface area contributed by atoms with Crippen LogP contribution in [0.2, 0.25) is 0 Å². The van der Waals surface area contributed by atoms with E-state index in [-0.39, 0.29) is 23.3 Å². The van der Waals surface area contributed by atoms with Gasteiger partial charge in [-0.15, -0.1) is 17.9 Å². The molecule has 1 N–H and O–H groups in total. The lowest BCUT2D eigenvalue weighted by atomic mass is 10.2. The molecular formula is C16H18N4O3S2. The fraction of sp³-hybridized carbons (Fsp3) is 0.375. The van der Waals surface area contributed by atoms with Gasteiger partial charge in [0.2, 0.25) is 5.91 Å². The van der Waals surface area contributed by atoms with Gasteiger partial charge < -0.3 is 5.32 Å². The van der Waals surface area contributed by atoms with Crippen LogP contribution in [0.3, 0.4) is 0 Å². The molecule has 1 aliphatic heterocycles. The summed E-state index contributed by atoms with van der Waals surface area (Å²) in [5, 5.41) is 3.69. The highest BCUT2D eigenvalue weighted by atomic mass is 32.2. The Morgan fingerprint density at radius 1 is 1.44 bits per heavy atom. The molecule has 0 unspecified atom stereocenters. The zero-order valence-electron chi connectivity index (χ0n) is 14.0. The molecule has 0 bridgehead atoms. The first-order valence-corrected chi connectivity index (χ1v) is 9.56. The molecule has 9 heteroatoms. The Morgan fingerprint density at radius 2 is 2.20 bits per heavy atom. The zero-order chi connectivity index (χ0) is 18.1. The van der Waals surface area contributed by atoms with Gasteiger partial charge in [-0.2, -0.15) is 0 Å². The van der Waals surface area contributed by atoms with Crippen molar-refractivity contribution in [3.05, 3.63) is 33.4 Å². The fourth-order valence-electron chi connectivity index (χ4n) is 2.62. The molecule has 0 radical (unpaired) electrons. The van der Waals surface area contributed by atoms with Crippen molar-refractivity contribution in [3.8, 4) is 0 Å². The van der Waals surface area contributed by atoms with Gasteiger partial charge in [-0.25, -0.2) is 9.78 Å². The number of thioether (sulfide) groups is 1. The number of hydrogen-bond acceptors (Lipinski definition) is 6. The van der Waals surface area contributed by atoms with Gasteiger partial charge in [0.25, 0.3) is 5.56 Å². The smallest absolute Gasteiger partial charge is 0.324 e. The molecule has 132 valence electrons. The van der Waals surface area contributed by atoms with Crippen LogP contribution in [-0.4, -0.2) is 45.2 Å². The number of amides is 3. The number of nitrogens with one attached hydrogen (secondary N) is 1. The molecule has 1 aliphatic rings. The van der Waals surface area contributed by atoms with E-state index in [1.165, 1.54) is 32.6 Å². The van der Waals surface area contributed by atoms with E-state index in [9.17, 15) is 14.4 Å². The summed E-state index contributed by atoms with van der Waals surface area (Å²) in [5.41, 5.74) is 0.817. The van der Waals surface area contributed by atoms with Crippen LogP contribution in [0.5, 0.6) is 0 Å². The first-order chi connectivity index (χ1) is 11.9. The van der Waals surface area contributed by atoms with Gasteiger partial charge in [-0.3, -0.25) is 19.1 Å². The van der Waals surface area contributed by atoms with E-state index >= 15 is 0 Å². The molecule has 7 nitrogen and oxygen atoms in total. The number of urea groups is 1. The van der Waals surface area contributed by atoms with Gasteiger partial charge >= 0.3 is 6.03 Å². The van der Waals surface area contributed by atoms with Crippen molar-refractivity contribution in [2.24, 2.45) is 0 Å². The van der Waals surface area contributed by atoms with Gasteiger partial charge in [-0.1, -0.05) is 17.8 Å². The monoisotopic (exact) mass is 378 g/mol. The second-order valence-corrected chi connectivity index (χ2v) is 7.77. The Kier molecular flexibility index (Phi) is 4.96. The Labute approximate surface area is 152 Å². The summed E-state index contributed by atoms with van der Waals surface area (Å²) in [5.74, 6) is -0.246. The van der Waals surface area contributed by atoms with E-state index < -0.39 is 0 Å². The Balaban J connectivity index is 1.93. The molecular weight excluding hydrogens is 360 g/mol. The minimum absolute atomic E-state index is 0.0475. The van der Waals surface area contributed by atoms with Crippen LogP contribution >= 0.6 is 23.1 Å². The lowest BCUT2D eigenvalue weighted by Gasteiger charge is -2.13. The Hall–Kier alpha value is -2.13. The van der Waals surface area contributed by atoms with Gasteiger partial charge in [0.1, 0.15) is 4.83 Å². The third kappa shape index (κ3) is 3.21. The summed E-state index contributed by atoms with van der Waals surface area (Å²) in [4.78, 5) is 44.1. The number of thiophene rings is 1. The van der Waals surface area contributed by atoms with E-state index in [4.69, 9.17) is 0 Å². The highest BCUT2D eigenvalue weighted by Crippen LogP contribution is 2.28. The number of imide groups is 1. The quantitative estimate of drug-likeness (QED) is 0.488. The van der Waals surface area contributed by atoms with Crippen molar-refractivity contribution >= 4 is 45.3 Å². The Morgan fingerprint density at radius 3 is 2.84 bits per heavy atom. The first kappa shape index (κ1) is 17.7. The van der Waals surface area contributed by atoms with Crippen LogP contribution < -0.4 is 10.9 Å². The third-order valence-electron chi connectivity index (χ3n) is 4.05. The molecule has 1 fully saturated rings. The highest BCUT2D eigenvalue weighted by molar-refractivity contribution is 7.99. The topological polar surface area (TPSA) is 84.3 Å². The fourth-order valence-corrected chi connectivity index (χ4v) is 4.58. The first-order valence-electron chi connectivity index (χ1n) is 7.76. The summed E-state index contributed by atoms with van der Waals surface area (Å²) >= 11 is 2.64. The maximum atomic E-state index is 12.8. The van der Waals surface area contributed by atoms with Crippen molar-refractivity contribution in [1.82, 2.24) is 19.8 Å². The average Bonchev–Trinajstić information content (AvgIpc) is 3.12. The summed E-state index contributed by atoms with van der Waals surface area (Å²) in [7, 11) is 0. The van der Waals surface area contributed by atoms with E-state index in [2.05, 4.69) is 16.9 Å². The van der Waals surface area contributed by atoms with Crippen LogP contribution in [0.25, 0.3) is 10.2 Å². The maximum Gasteiger partial charge on any atom is 0.324 e. The maximum absolute atomic E-state index is 12.8. The van der Waals surface area contributed by atoms with Crippen molar-refractivity contribution < 1.29 is 9.59 Å². The molecule has 3 rings (SSSR count). The van der Waals surface area contributed by atoms with Crippen LogP contribution in [0.15, 0.2) is 22.6 Å². The minimum atomic E-state index is -0.373. The standard InChI is InChI=1S/C16H18N4O3S2/c1-4-6-20-14(22)12-9(2)10(3)25-13(12)18-16(20)24-8-11(21)19-7-5-17-15(19)23/h4H,1,5-8H2,2-3H3,(H,17,23). The second-order valence-electron chi connectivity index (χ2n) is 5.63. The summed E-state index contributed by atoms with van der Waals surface area (Å²) in [6.07, 6.45) is 1.63. The molecule has 0 saturated carbocycles. The number of hydrogen-bond donors (Lipinski definition) is 1. The third-order valence-corrected chi connectivity index (χ3v) is 6.11. The largest absolute Gasteiger partial charge is 0.336 e. The molecule has 1 saturated heterocycles. The second kappa shape index (κ2) is 7.01. The van der Waals surface area contributed by atoms with Crippen LogP contribution in [0.1, 0.15) is 10.4 Å². The molecule has 0 spiro atoms. The molecule has 2 aromatic rings. The number of fused-ring (bicyclic) bond motifs is 1. The van der Waals surface area contributed by atoms with Crippen molar-refractivity contribution in [2.75, 3.05) is 18.8 Å². The van der Waals surface area contributed by atoms with Crippen molar-refractivity contribution in [2.45, 2.75) is 25.5 Å². The van der Waals surface area contributed by atoms with Crippen LogP contribution in [0.4, 0.5) is 4.79 Å².